The monoisotopic (exact) mass is 298 g/mol. The summed E-state index contributed by atoms with van der Waals surface area (Å²) in [7, 11) is 1.84. The van der Waals surface area contributed by atoms with Crippen molar-refractivity contribution < 1.29 is 5.11 Å². The molecule has 112 valence electrons. The Morgan fingerprint density at radius 3 is 2.65 bits per heavy atom. The zero-order chi connectivity index (χ0) is 14.4. The van der Waals surface area contributed by atoms with Crippen LogP contribution in [0.3, 0.4) is 0 Å². The zero-order valence-corrected chi connectivity index (χ0v) is 12.9. The van der Waals surface area contributed by atoms with Crippen LogP contribution in [0.25, 0.3) is 0 Å². The van der Waals surface area contributed by atoms with Crippen LogP contribution in [-0.2, 0) is 5.41 Å². The Bertz CT molecular complexity index is 488. The summed E-state index contributed by atoms with van der Waals surface area (Å²) in [6, 6.07) is 0. The Kier molecular flexibility index (Phi) is 3.58. The van der Waals surface area contributed by atoms with Gasteiger partial charge in [-0.25, -0.2) is 0 Å². The number of likely N-dealkylation sites (N-methyl/N-ethyl adjacent to an activating group) is 1. The summed E-state index contributed by atoms with van der Waals surface area (Å²) in [5.41, 5.74) is 0.0594. The van der Waals surface area contributed by atoms with Gasteiger partial charge in [0.1, 0.15) is 11.7 Å². The van der Waals surface area contributed by atoms with E-state index in [2.05, 4.69) is 17.1 Å². The second-order valence-electron chi connectivity index (χ2n) is 6.47. The molecule has 1 aromatic heterocycles. The summed E-state index contributed by atoms with van der Waals surface area (Å²) in [6.45, 7) is 2.85. The lowest BCUT2D eigenvalue weighted by atomic mass is 9.76. The number of aromatic nitrogens is 2. The predicted molar refractivity (Wildman–Crippen MR) is 79.0 cm³/mol. The third kappa shape index (κ3) is 2.27. The quantitative estimate of drug-likeness (QED) is 0.665. The normalized spacial score (nSPS) is 34.5. The molecule has 0 radical (unpaired) electrons. The topological polar surface area (TPSA) is 72.3 Å². The fraction of sp³-hybridized carbons (Fsp3) is 0.846. The van der Waals surface area contributed by atoms with Gasteiger partial charge < -0.3 is 10.3 Å². The molecule has 1 N–H and O–H groups in total. The van der Waals surface area contributed by atoms with Gasteiger partial charge >= 0.3 is 5.13 Å². The van der Waals surface area contributed by atoms with E-state index < -0.39 is 10.9 Å². The van der Waals surface area contributed by atoms with Crippen LogP contribution in [0.4, 0.5) is 5.13 Å². The highest BCUT2D eigenvalue weighted by Crippen LogP contribution is 2.43. The van der Waals surface area contributed by atoms with Crippen LogP contribution in [0.1, 0.15) is 44.0 Å². The number of hydrogen-bond donors (Lipinski definition) is 1. The lowest BCUT2D eigenvalue weighted by molar-refractivity contribution is 0.0844. The summed E-state index contributed by atoms with van der Waals surface area (Å²) in [5, 5.41) is 32.6. The van der Waals surface area contributed by atoms with Crippen molar-refractivity contribution in [1.29, 1.82) is 0 Å². The summed E-state index contributed by atoms with van der Waals surface area (Å²) in [5.74, 6) is 0. The maximum atomic E-state index is 12.8. The molecule has 1 aromatic rings. The molecule has 2 heterocycles. The lowest BCUT2D eigenvalue weighted by Gasteiger charge is -2.36. The number of aliphatic hydroxyl groups excluding tert-OH is 1. The summed E-state index contributed by atoms with van der Waals surface area (Å²) < 4.78 is -0.774. The number of β-amino-alcohol motifs (C(OH)–C–C–N with tert-alkyl or cyclic N) is 1. The second kappa shape index (κ2) is 4.99. The van der Waals surface area contributed by atoms with E-state index in [1.165, 1.54) is 30.6 Å². The van der Waals surface area contributed by atoms with Gasteiger partial charge in [-0.05, 0) is 31.2 Å². The number of nitrogens with zero attached hydrogens (tertiary/aromatic N) is 4. The van der Waals surface area contributed by atoms with Crippen LogP contribution in [0.2, 0.25) is 0 Å². The van der Waals surface area contributed by atoms with Crippen LogP contribution < -0.4 is 4.65 Å². The van der Waals surface area contributed by atoms with Gasteiger partial charge in [-0.15, -0.1) is 5.10 Å². The molecule has 20 heavy (non-hydrogen) atoms. The summed E-state index contributed by atoms with van der Waals surface area (Å²) >= 11 is 1.39. The van der Waals surface area contributed by atoms with Crippen molar-refractivity contribution in [3.8, 4) is 0 Å². The van der Waals surface area contributed by atoms with E-state index in [0.29, 0.717) is 11.7 Å². The molecule has 2 unspecified atom stereocenters. The van der Waals surface area contributed by atoms with E-state index in [1.54, 1.807) is 0 Å². The highest BCUT2D eigenvalue weighted by Gasteiger charge is 2.43. The molecule has 0 bridgehead atoms. The van der Waals surface area contributed by atoms with Crippen molar-refractivity contribution in [2.75, 3.05) is 20.3 Å². The van der Waals surface area contributed by atoms with E-state index in [4.69, 9.17) is 0 Å². The minimum absolute atomic E-state index is 0.0594. The Morgan fingerprint density at radius 2 is 2.05 bits per heavy atom. The molecule has 2 aliphatic rings. The SMILES string of the molecule is CN1CC(O)[N+]([O-])(c2nnc(C3(C)CCCCC3)s2)C1. The maximum Gasteiger partial charge on any atom is 0.309 e. The number of quaternary nitrogens is 1. The van der Waals surface area contributed by atoms with Crippen LogP contribution >= 0.6 is 11.3 Å². The van der Waals surface area contributed by atoms with Gasteiger partial charge in [0.05, 0.1) is 6.54 Å². The van der Waals surface area contributed by atoms with Gasteiger partial charge in [0, 0.05) is 5.41 Å². The van der Waals surface area contributed by atoms with Gasteiger partial charge in [-0.2, -0.15) is 0 Å². The molecule has 1 saturated heterocycles. The number of hydroxylamine groups is 2. The third-order valence-electron chi connectivity index (χ3n) is 4.62. The van der Waals surface area contributed by atoms with Gasteiger partial charge in [0.15, 0.2) is 0 Å². The fourth-order valence-electron chi connectivity index (χ4n) is 3.27. The largest absolute Gasteiger partial charge is 0.623 e. The van der Waals surface area contributed by atoms with Crippen LogP contribution in [0, 0.1) is 5.21 Å². The average Bonchev–Trinajstić information content (AvgIpc) is 2.98. The summed E-state index contributed by atoms with van der Waals surface area (Å²) in [4.78, 5) is 1.83. The molecule has 0 aromatic carbocycles. The van der Waals surface area contributed by atoms with Gasteiger partial charge in [0.2, 0.25) is 6.23 Å². The predicted octanol–water partition coefficient (Wildman–Crippen LogP) is 1.79. The number of hydrogen-bond acceptors (Lipinski definition) is 6. The van der Waals surface area contributed by atoms with E-state index in [0.717, 1.165) is 17.8 Å². The van der Waals surface area contributed by atoms with E-state index in [1.807, 2.05) is 11.9 Å². The van der Waals surface area contributed by atoms with E-state index in [-0.39, 0.29) is 12.1 Å². The zero-order valence-electron chi connectivity index (χ0n) is 12.1. The second-order valence-corrected chi connectivity index (χ2v) is 7.42. The molecule has 1 aliphatic carbocycles. The number of aliphatic hydroxyl groups is 1. The lowest BCUT2D eigenvalue weighted by Crippen LogP contribution is -2.48. The van der Waals surface area contributed by atoms with Crippen LogP contribution in [0.15, 0.2) is 0 Å². The van der Waals surface area contributed by atoms with Crippen molar-refractivity contribution in [1.82, 2.24) is 19.7 Å². The van der Waals surface area contributed by atoms with E-state index in [9.17, 15) is 10.3 Å². The number of rotatable bonds is 2. The van der Waals surface area contributed by atoms with Crippen LogP contribution in [-0.4, -0.2) is 46.7 Å². The van der Waals surface area contributed by atoms with Crippen LogP contribution in [0.5, 0.6) is 0 Å². The van der Waals surface area contributed by atoms with E-state index >= 15 is 0 Å². The molecule has 0 amide bonds. The first-order valence-electron chi connectivity index (χ1n) is 7.24. The Morgan fingerprint density at radius 1 is 1.35 bits per heavy atom. The molecule has 2 atom stereocenters. The minimum atomic E-state index is -0.958. The van der Waals surface area contributed by atoms with Crippen molar-refractivity contribution >= 4 is 16.5 Å². The average molecular weight is 298 g/mol. The first kappa shape index (κ1) is 14.3. The van der Waals surface area contributed by atoms with Crippen molar-refractivity contribution in [3.05, 3.63) is 10.2 Å². The first-order chi connectivity index (χ1) is 9.44. The Hall–Kier alpha value is -0.600. The third-order valence-corrected chi connectivity index (χ3v) is 5.96. The van der Waals surface area contributed by atoms with Crippen molar-refractivity contribution in [3.63, 3.8) is 0 Å². The highest BCUT2D eigenvalue weighted by atomic mass is 32.1. The Balaban J connectivity index is 1.87. The van der Waals surface area contributed by atoms with Gasteiger partial charge in [0.25, 0.3) is 0 Å². The molecule has 7 heteroatoms. The molecule has 3 rings (SSSR count). The minimum Gasteiger partial charge on any atom is -0.623 e. The van der Waals surface area contributed by atoms with Gasteiger partial charge in [-0.1, -0.05) is 31.3 Å². The first-order valence-corrected chi connectivity index (χ1v) is 8.06. The molecule has 2 fully saturated rings. The highest BCUT2D eigenvalue weighted by molar-refractivity contribution is 7.15. The standard InChI is InChI=1S/C13H22N4O2S/c1-13(6-4-3-5-7-13)11-14-15-12(20-11)17(19)9-16(2)8-10(17)18/h10,18H,3-9H2,1-2H3. The molecule has 1 aliphatic heterocycles. The fourth-order valence-corrected chi connectivity index (χ4v) is 4.39. The maximum absolute atomic E-state index is 12.8. The molecular weight excluding hydrogens is 276 g/mol. The molecule has 1 saturated carbocycles. The Labute approximate surface area is 123 Å². The van der Waals surface area contributed by atoms with Gasteiger partial charge in [-0.3, -0.25) is 9.55 Å². The van der Waals surface area contributed by atoms with Crippen molar-refractivity contribution in [2.45, 2.75) is 50.7 Å². The van der Waals surface area contributed by atoms with Crippen molar-refractivity contribution in [2.24, 2.45) is 0 Å². The molecule has 6 nitrogen and oxygen atoms in total. The molecular formula is C13H22N4O2S. The molecule has 0 spiro atoms. The summed E-state index contributed by atoms with van der Waals surface area (Å²) in [6.07, 6.45) is 4.99. The smallest absolute Gasteiger partial charge is 0.309 e.